The minimum atomic E-state index is -0.742. The summed E-state index contributed by atoms with van der Waals surface area (Å²) >= 11 is 1.66. The highest BCUT2D eigenvalue weighted by atomic mass is 32.2. The molecule has 1 aromatic carbocycles. The predicted octanol–water partition coefficient (Wildman–Crippen LogP) is 3.73. The van der Waals surface area contributed by atoms with Gasteiger partial charge in [-0.15, -0.1) is 11.8 Å². The second kappa shape index (κ2) is 9.27. The van der Waals surface area contributed by atoms with Crippen molar-refractivity contribution in [3.63, 3.8) is 0 Å². The summed E-state index contributed by atoms with van der Waals surface area (Å²) in [5, 5.41) is 21.1. The number of nitriles is 1. The maximum Gasteiger partial charge on any atom is 0.303 e. The largest absolute Gasteiger partial charge is 0.481 e. The third-order valence-corrected chi connectivity index (χ3v) is 3.76. The van der Waals surface area contributed by atoms with Crippen molar-refractivity contribution in [3.8, 4) is 6.07 Å². The number of hydrogen-bond donors (Lipinski definition) is 2. The fraction of sp³-hybridized carbons (Fsp3) is 0.467. The second-order valence-electron chi connectivity index (χ2n) is 4.35. The number of carbonyl (C=O) groups is 1. The van der Waals surface area contributed by atoms with E-state index in [1.807, 2.05) is 18.2 Å². The molecule has 0 aliphatic heterocycles. The molecule has 0 spiro atoms. The highest BCUT2D eigenvalue weighted by Crippen LogP contribution is 2.27. The first-order chi connectivity index (χ1) is 9.69. The Hall–Kier alpha value is -1.67. The van der Waals surface area contributed by atoms with Crippen molar-refractivity contribution in [2.75, 3.05) is 17.6 Å². The van der Waals surface area contributed by atoms with E-state index in [1.165, 1.54) is 0 Å². The molecule has 0 unspecified atom stereocenters. The lowest BCUT2D eigenvalue weighted by molar-refractivity contribution is -0.137. The number of benzene rings is 1. The van der Waals surface area contributed by atoms with Gasteiger partial charge in [-0.3, -0.25) is 4.79 Å². The molecule has 0 radical (unpaired) electrons. The standard InChI is InChI=1S/C15H20N2O2S/c1-2-20-14-8-6-7-13(12(14)11-16)17-10-5-3-4-9-15(18)19/h6-8,17H,2-5,9-10H2,1H3,(H,18,19). The fourth-order valence-electron chi connectivity index (χ4n) is 1.87. The van der Waals surface area contributed by atoms with Crippen LogP contribution in [-0.4, -0.2) is 23.4 Å². The molecule has 2 N–H and O–H groups in total. The Balaban J connectivity index is 2.46. The number of hydrogen-bond acceptors (Lipinski definition) is 4. The van der Waals surface area contributed by atoms with Gasteiger partial charge in [-0.25, -0.2) is 0 Å². The number of carboxylic acids is 1. The Bertz CT molecular complexity index is 483. The van der Waals surface area contributed by atoms with E-state index in [1.54, 1.807) is 11.8 Å². The second-order valence-corrected chi connectivity index (χ2v) is 5.66. The lowest BCUT2D eigenvalue weighted by atomic mass is 10.1. The molecular weight excluding hydrogens is 272 g/mol. The predicted molar refractivity (Wildman–Crippen MR) is 82.1 cm³/mol. The van der Waals surface area contributed by atoms with Crippen molar-refractivity contribution in [1.29, 1.82) is 5.26 Å². The zero-order valence-electron chi connectivity index (χ0n) is 11.7. The van der Waals surface area contributed by atoms with Crippen molar-refractivity contribution >= 4 is 23.4 Å². The Labute approximate surface area is 124 Å². The molecule has 0 bridgehead atoms. The van der Waals surface area contributed by atoms with Crippen LogP contribution in [0.5, 0.6) is 0 Å². The van der Waals surface area contributed by atoms with Crippen molar-refractivity contribution in [1.82, 2.24) is 0 Å². The summed E-state index contributed by atoms with van der Waals surface area (Å²) in [6.07, 6.45) is 2.72. The Morgan fingerprint density at radius 1 is 1.40 bits per heavy atom. The lowest BCUT2D eigenvalue weighted by Gasteiger charge is -2.10. The zero-order valence-corrected chi connectivity index (χ0v) is 12.5. The molecule has 0 aliphatic rings. The molecule has 0 aliphatic carbocycles. The van der Waals surface area contributed by atoms with E-state index in [2.05, 4.69) is 18.3 Å². The molecule has 0 fully saturated rings. The molecule has 0 amide bonds. The number of nitrogens with zero attached hydrogens (tertiary/aromatic N) is 1. The topological polar surface area (TPSA) is 73.1 Å². The van der Waals surface area contributed by atoms with E-state index in [-0.39, 0.29) is 6.42 Å². The molecule has 0 heterocycles. The van der Waals surface area contributed by atoms with Crippen LogP contribution in [0, 0.1) is 11.3 Å². The maximum absolute atomic E-state index is 10.4. The SMILES string of the molecule is CCSc1cccc(NCCCCCC(=O)O)c1C#N. The average molecular weight is 292 g/mol. The third kappa shape index (κ3) is 5.54. The summed E-state index contributed by atoms with van der Waals surface area (Å²) in [7, 11) is 0. The van der Waals surface area contributed by atoms with Crippen LogP contribution in [0.1, 0.15) is 38.2 Å². The molecule has 108 valence electrons. The van der Waals surface area contributed by atoms with Crippen molar-refractivity contribution in [2.45, 2.75) is 37.5 Å². The van der Waals surface area contributed by atoms with Gasteiger partial charge in [0.2, 0.25) is 0 Å². The van der Waals surface area contributed by atoms with Crippen LogP contribution in [0.2, 0.25) is 0 Å². The zero-order chi connectivity index (χ0) is 14.8. The number of unbranched alkanes of at least 4 members (excludes halogenated alkanes) is 2. The molecule has 4 nitrogen and oxygen atoms in total. The Kier molecular flexibility index (Phi) is 7.59. The molecule has 20 heavy (non-hydrogen) atoms. The number of carboxylic acid groups (broad SMARTS) is 1. The van der Waals surface area contributed by atoms with Gasteiger partial charge in [-0.2, -0.15) is 5.26 Å². The first-order valence-corrected chi connectivity index (χ1v) is 7.79. The van der Waals surface area contributed by atoms with Gasteiger partial charge in [-0.05, 0) is 30.7 Å². The Morgan fingerprint density at radius 3 is 2.85 bits per heavy atom. The van der Waals surface area contributed by atoms with Crippen LogP contribution in [-0.2, 0) is 4.79 Å². The summed E-state index contributed by atoms with van der Waals surface area (Å²) in [4.78, 5) is 11.4. The van der Waals surface area contributed by atoms with Gasteiger partial charge in [0.25, 0.3) is 0 Å². The van der Waals surface area contributed by atoms with Crippen LogP contribution in [0.3, 0.4) is 0 Å². The molecule has 0 atom stereocenters. The highest BCUT2D eigenvalue weighted by molar-refractivity contribution is 7.99. The van der Waals surface area contributed by atoms with E-state index in [4.69, 9.17) is 5.11 Å². The minimum Gasteiger partial charge on any atom is -0.481 e. The molecule has 1 rings (SSSR count). The monoisotopic (exact) mass is 292 g/mol. The summed E-state index contributed by atoms with van der Waals surface area (Å²) < 4.78 is 0. The van der Waals surface area contributed by atoms with Crippen LogP contribution in [0.25, 0.3) is 0 Å². The maximum atomic E-state index is 10.4. The van der Waals surface area contributed by atoms with Gasteiger partial charge >= 0.3 is 5.97 Å². The van der Waals surface area contributed by atoms with E-state index in [0.717, 1.165) is 35.7 Å². The number of rotatable bonds is 9. The van der Waals surface area contributed by atoms with E-state index in [9.17, 15) is 10.1 Å². The van der Waals surface area contributed by atoms with Crippen LogP contribution in [0.4, 0.5) is 5.69 Å². The number of anilines is 1. The van der Waals surface area contributed by atoms with Gasteiger partial charge < -0.3 is 10.4 Å². The molecule has 1 aromatic rings. The molecule has 0 saturated carbocycles. The van der Waals surface area contributed by atoms with Gasteiger partial charge in [-0.1, -0.05) is 19.4 Å². The first-order valence-electron chi connectivity index (χ1n) is 6.80. The smallest absolute Gasteiger partial charge is 0.303 e. The normalized spacial score (nSPS) is 10.0. The Morgan fingerprint density at radius 2 is 2.20 bits per heavy atom. The van der Waals surface area contributed by atoms with Crippen LogP contribution >= 0.6 is 11.8 Å². The molecular formula is C15H20N2O2S. The quantitative estimate of drug-likeness (QED) is 0.536. The number of thioether (sulfide) groups is 1. The summed E-state index contributed by atoms with van der Waals surface area (Å²) in [5.41, 5.74) is 1.56. The summed E-state index contributed by atoms with van der Waals surface area (Å²) in [5.74, 6) is 0.196. The summed E-state index contributed by atoms with van der Waals surface area (Å²) in [6, 6.07) is 8.08. The van der Waals surface area contributed by atoms with Crippen LogP contribution in [0.15, 0.2) is 23.1 Å². The average Bonchev–Trinajstić information content (AvgIpc) is 2.43. The van der Waals surface area contributed by atoms with Crippen molar-refractivity contribution in [3.05, 3.63) is 23.8 Å². The van der Waals surface area contributed by atoms with Gasteiger partial charge in [0.15, 0.2) is 0 Å². The van der Waals surface area contributed by atoms with Crippen molar-refractivity contribution < 1.29 is 9.90 Å². The van der Waals surface area contributed by atoms with Gasteiger partial charge in [0.05, 0.1) is 11.3 Å². The summed E-state index contributed by atoms with van der Waals surface area (Å²) in [6.45, 7) is 2.82. The van der Waals surface area contributed by atoms with E-state index < -0.39 is 5.97 Å². The van der Waals surface area contributed by atoms with Gasteiger partial charge in [0, 0.05) is 17.9 Å². The molecule has 0 aromatic heterocycles. The van der Waals surface area contributed by atoms with Gasteiger partial charge in [0.1, 0.15) is 6.07 Å². The first kappa shape index (κ1) is 16.4. The number of nitrogens with one attached hydrogen (secondary N) is 1. The third-order valence-electron chi connectivity index (χ3n) is 2.82. The highest BCUT2D eigenvalue weighted by Gasteiger charge is 2.07. The van der Waals surface area contributed by atoms with E-state index >= 15 is 0 Å². The van der Waals surface area contributed by atoms with Crippen molar-refractivity contribution in [2.24, 2.45) is 0 Å². The minimum absolute atomic E-state index is 0.228. The molecule has 0 saturated heterocycles. The number of aliphatic carboxylic acids is 1. The fourth-order valence-corrected chi connectivity index (χ4v) is 2.66. The van der Waals surface area contributed by atoms with E-state index in [0.29, 0.717) is 12.0 Å². The van der Waals surface area contributed by atoms with Crippen LogP contribution < -0.4 is 5.32 Å². The lowest BCUT2D eigenvalue weighted by Crippen LogP contribution is -2.04. The molecule has 5 heteroatoms.